The van der Waals surface area contributed by atoms with E-state index >= 15 is 4.39 Å². The monoisotopic (exact) mass is 1450 g/mol. The number of Topliss-reactive ketones (excluding diaryl/α,β-unsaturated/α-hetero) is 2. The molecule has 5 aromatic rings. The van der Waals surface area contributed by atoms with Gasteiger partial charge in [0.05, 0.1) is 69.9 Å². The minimum atomic E-state index is -2.67. The molecule has 0 radical (unpaired) electrons. The Bertz CT molecular complexity index is 3910. The number of halogens is 3. The first-order valence-electron chi connectivity index (χ1n) is 35.8. The molecule has 25 nitrogen and oxygen atoms in total. The van der Waals surface area contributed by atoms with Gasteiger partial charge in [-0.2, -0.15) is 0 Å². The van der Waals surface area contributed by atoms with Crippen LogP contribution in [0.4, 0.5) is 28.4 Å². The van der Waals surface area contributed by atoms with Gasteiger partial charge in [-0.3, -0.25) is 49.4 Å². The standard InChI is InChI=1S/C26H36FN5O5S.C21H28FN5O3S.C19H31FN4O3S.CH4.6H2/c1-24(2,3)37-23(34)31-22-25(4,5)38(35,28-7)15-26(6,32-22)17-11-16(9-10-18(17)27)12-20(33)19-13-30-21(36-8)14-29-19;1-20(2)19(23)27-21(3,12-31(20,29)24-4)14-8-13(6-7-15(14)22)9-17(28)16-10-26-18(30-5)11-25-16;1-17(2,3)27-16(25)23-15-18(4,5)28(26,22-7)11-19(6,24-15)13-10-12(21)8-9-14(13)20;;;;;;;/h9-11,13-14,28,35H,12,15H2,1-8H3,(H,31,32,34);6-8,10-11,24,29H,9,12H2,1-5H3,(H2,23,27);8-10,22,26H,11,21H2,1-7H3,(H,23,24,25);1H4;6*1H/t26-;21-;19-;;;;;;;/m000......./s1/i;;;;5*1+1D;1+1. The molecule has 8 rings (SSSR count). The number of alkyl carbamates (subject to hydrolysis) is 2. The van der Waals surface area contributed by atoms with Crippen LogP contribution in [-0.4, -0.2) is 153 Å². The van der Waals surface area contributed by atoms with E-state index in [1.54, 1.807) is 129 Å². The van der Waals surface area contributed by atoms with Crippen LogP contribution in [-0.2, 0) is 38.9 Å². The second kappa shape index (κ2) is 30.1. The fraction of sp³-hybridized carbons (Fsp3) is 0.507. The van der Waals surface area contributed by atoms with E-state index in [0.717, 1.165) is 0 Å². The maximum atomic E-state index is 15.3. The van der Waals surface area contributed by atoms with Crippen LogP contribution in [0, 0.1) is 17.5 Å². The number of rotatable bonds is 14. The Morgan fingerprint density at radius 3 is 1.17 bits per heavy atom. The van der Waals surface area contributed by atoms with Gasteiger partial charge in [-0.05, 0) is 179 Å². The van der Waals surface area contributed by atoms with E-state index in [-0.39, 0.29) is 102 Å². The normalized spacial score (nSPS) is 26.9. The summed E-state index contributed by atoms with van der Waals surface area (Å²) in [4.78, 5) is 80.6. The first-order valence-corrected chi connectivity index (χ1v) is 36.0. The van der Waals surface area contributed by atoms with E-state index in [1.165, 1.54) is 75.4 Å². The largest absolute Gasteiger partial charge is 0.480 e. The van der Waals surface area contributed by atoms with E-state index in [2.05, 4.69) is 54.7 Å². The average molecular weight is 1450 g/mol. The molecule has 554 valence electrons. The molecule has 31 heteroatoms. The van der Waals surface area contributed by atoms with Crippen LogP contribution in [0.15, 0.2) is 94.4 Å². The Morgan fingerprint density at radius 1 is 0.531 bits per heavy atom. The highest BCUT2D eigenvalue weighted by Crippen LogP contribution is 2.62. The summed E-state index contributed by atoms with van der Waals surface area (Å²) in [5.41, 5.74) is 9.72. The first kappa shape index (κ1) is 73.2. The van der Waals surface area contributed by atoms with Crippen LogP contribution < -0.4 is 45.7 Å². The molecule has 0 bridgehead atoms. The minimum absolute atomic E-state index is 0. The van der Waals surface area contributed by atoms with Crippen LogP contribution in [0.2, 0.25) is 0 Å². The highest BCUT2D eigenvalue weighted by molar-refractivity contribution is 8.29. The van der Waals surface area contributed by atoms with Crippen molar-refractivity contribution in [2.75, 3.05) is 58.4 Å². The second-order valence-corrected chi connectivity index (χ2v) is 37.0. The molecule has 0 spiro atoms. The number of nitrogens with zero attached hydrogens (tertiary/aromatic N) is 7. The lowest BCUT2D eigenvalue weighted by Crippen LogP contribution is -2.58. The minimum Gasteiger partial charge on any atom is -0.480 e. The van der Waals surface area contributed by atoms with Gasteiger partial charge in [-0.15, -0.1) is 0 Å². The van der Waals surface area contributed by atoms with Crippen LogP contribution in [0.5, 0.6) is 11.8 Å². The molecule has 98 heavy (non-hydrogen) atoms. The van der Waals surface area contributed by atoms with Gasteiger partial charge in [0.2, 0.25) is 11.8 Å². The summed E-state index contributed by atoms with van der Waals surface area (Å²) in [5.74, 6) is -0.418. The molecule has 3 aliphatic rings. The van der Waals surface area contributed by atoms with Crippen LogP contribution >= 0.6 is 31.5 Å². The third kappa shape index (κ3) is 17.9. The molecule has 0 aliphatic carbocycles. The summed E-state index contributed by atoms with van der Waals surface area (Å²) in [7, 11) is 0.201. The molecule has 0 saturated carbocycles. The zero-order valence-electron chi connectivity index (χ0n) is 68.8. The molecular weight excluding hydrogens is 1330 g/mol. The van der Waals surface area contributed by atoms with Gasteiger partial charge in [0, 0.05) is 68.8 Å². The van der Waals surface area contributed by atoms with Crippen molar-refractivity contribution in [2.45, 2.75) is 166 Å². The fourth-order valence-corrected chi connectivity index (χ4v) is 18.3. The van der Waals surface area contributed by atoms with Crippen LogP contribution in [0.3, 0.4) is 0 Å². The second-order valence-electron chi connectivity index (χ2n) is 27.6. The number of ketones is 2. The Morgan fingerprint density at radius 2 is 0.857 bits per heavy atom. The van der Waals surface area contributed by atoms with Crippen molar-refractivity contribution in [1.29, 1.82) is 0 Å². The molecule has 12 N–H and O–H groups in total. The number of nitrogen functional groups attached to an aromatic ring is 1. The van der Waals surface area contributed by atoms with Crippen molar-refractivity contribution in [2.24, 2.45) is 20.7 Å². The van der Waals surface area contributed by atoms with Gasteiger partial charge in [0.1, 0.15) is 57.5 Å². The molecule has 0 saturated heterocycles. The van der Waals surface area contributed by atoms with Crippen molar-refractivity contribution >= 4 is 78.4 Å². The third-order valence-corrected chi connectivity index (χ3v) is 27.5. The van der Waals surface area contributed by atoms with Gasteiger partial charge in [0.25, 0.3) is 0 Å². The molecule has 3 aliphatic heterocycles. The summed E-state index contributed by atoms with van der Waals surface area (Å²) in [6, 6.07) is 13.1. The summed E-state index contributed by atoms with van der Waals surface area (Å²) < 4.78 is 156. The zero-order valence-corrected chi connectivity index (χ0v) is 61.2. The van der Waals surface area contributed by atoms with Crippen molar-refractivity contribution in [3.63, 3.8) is 0 Å². The Hall–Kier alpha value is -7.49. The number of anilines is 1. The number of hydrogen-bond donors (Lipinski definition) is 10. The maximum Gasteiger partial charge on any atom is 0.413 e. The van der Waals surface area contributed by atoms with Gasteiger partial charge in [0.15, 0.2) is 11.6 Å². The molecular formula is C67H111F3N14O11S3. The van der Waals surface area contributed by atoms with E-state index in [4.69, 9.17) is 50.3 Å². The Balaban J connectivity index is 0. The first-order chi connectivity index (χ1) is 49.6. The number of aliphatic imine (C=N–C) groups is 3. The number of nitrogens with one attached hydrogen (secondary N) is 5. The Kier molecular flexibility index (Phi) is 22.5. The predicted molar refractivity (Wildman–Crippen MR) is 398 cm³/mol. The smallest absolute Gasteiger partial charge is 0.413 e. The van der Waals surface area contributed by atoms with Gasteiger partial charge >= 0.3 is 12.2 Å². The van der Waals surface area contributed by atoms with Crippen molar-refractivity contribution in [3.8, 4) is 11.8 Å². The fourth-order valence-electron chi connectivity index (χ4n) is 10.9. The van der Waals surface area contributed by atoms with Crippen molar-refractivity contribution in [3.05, 3.63) is 136 Å². The summed E-state index contributed by atoms with van der Waals surface area (Å²) in [6.45, 7) is 26.3. The van der Waals surface area contributed by atoms with E-state index in [9.17, 15) is 41.6 Å². The topological polar surface area (TPSA) is 367 Å². The molecule has 3 aromatic carbocycles. The number of carbonyl (C=O) groups excluding carboxylic acids is 4. The highest BCUT2D eigenvalue weighted by Gasteiger charge is 2.55. The predicted octanol–water partition coefficient (Wildman–Crippen LogP) is 13.1. The number of amidine groups is 3. The summed E-state index contributed by atoms with van der Waals surface area (Å²) in [5, 5.41) is 5.36. The number of carbonyl (C=O) groups is 4. The van der Waals surface area contributed by atoms with Crippen molar-refractivity contribution in [1.82, 2.24) is 44.7 Å². The van der Waals surface area contributed by atoms with E-state index in [1.807, 2.05) is 13.8 Å². The Labute approximate surface area is 595 Å². The number of methoxy groups -OCH3 is 2. The molecule has 2 amide bonds. The quantitative estimate of drug-likeness (QED) is 0.0365. The number of nitrogens with two attached hydrogens (primary N) is 2. The molecule has 0 fully saturated rings. The summed E-state index contributed by atoms with van der Waals surface area (Å²) in [6.07, 6.45) is 3.94. The third-order valence-electron chi connectivity index (χ3n) is 16.9. The van der Waals surface area contributed by atoms with E-state index in [0.29, 0.717) is 22.7 Å². The molecule has 3 unspecified atom stereocenters. The SMILES string of the molecule is C.CNS1(O)C[C@@](C)(c2cc(CC(=O)c3cnc(OC)cn3)ccc2F)N=C(N)C1(C)C.CNS1(O)C[C@@](C)(c2cc(CC(=O)c3cnc(OC)cn3)ccc2F)N=C(NC(=O)OC(C)(C)C)C1(C)C.CNS1(O)C[C@@](C)(c2cc(N)ccc2F)N=C(NC(=O)OC(C)(C)C)C1(C)C.[2HH].[2H][2H].[2H][2H].[2H][2H].[2H][2H].[2H][2H]. The molecule has 5 heterocycles. The molecule has 2 aromatic heterocycles. The maximum absolute atomic E-state index is 15.3. The number of ether oxygens (including phenoxy) is 4. The van der Waals surface area contributed by atoms with Gasteiger partial charge < -0.3 is 44.1 Å². The zero-order chi connectivity index (χ0) is 83.1. The lowest BCUT2D eigenvalue weighted by Gasteiger charge is -2.54. The van der Waals surface area contributed by atoms with Gasteiger partial charge in [-0.25, -0.2) is 42.7 Å². The number of aromatic nitrogens is 4. The highest BCUT2D eigenvalue weighted by atomic mass is 32.3. The van der Waals surface area contributed by atoms with E-state index < -0.39 is 103 Å². The number of hydrogen-bond acceptors (Lipinski definition) is 23. The number of amides is 2. The lowest BCUT2D eigenvalue weighted by atomic mass is 9.90. The van der Waals surface area contributed by atoms with Crippen molar-refractivity contribution < 1.29 is 81.2 Å². The molecule has 6 atom stereocenters. The summed E-state index contributed by atoms with van der Waals surface area (Å²) >= 11 is 0. The van der Waals surface area contributed by atoms with Crippen LogP contribution in [0.25, 0.3) is 0 Å². The average Bonchev–Trinajstić information content (AvgIpc) is 0.738. The van der Waals surface area contributed by atoms with Gasteiger partial charge in [-0.1, -0.05) is 51.0 Å². The van der Waals surface area contributed by atoms with Crippen LogP contribution in [0.1, 0.15) is 176 Å². The number of benzene rings is 3. The lowest BCUT2D eigenvalue weighted by molar-refractivity contribution is 0.0548.